The average Bonchev–Trinajstić information content (AvgIpc) is 2.54. The molecule has 0 atom stereocenters. The van der Waals surface area contributed by atoms with E-state index in [0.29, 0.717) is 22.9 Å². The van der Waals surface area contributed by atoms with Gasteiger partial charge in [0.15, 0.2) is 0 Å². The number of thioether (sulfide) groups is 1. The second-order valence-electron chi connectivity index (χ2n) is 3.36. The molecule has 1 aliphatic rings. The third kappa shape index (κ3) is 2.21. The summed E-state index contributed by atoms with van der Waals surface area (Å²) < 4.78 is 0.768. The van der Waals surface area contributed by atoms with E-state index in [0.717, 1.165) is 4.47 Å². The lowest BCUT2D eigenvalue weighted by Crippen LogP contribution is -2.29. The number of carbonyl (C=O) groups excluding carboxylic acids is 2. The molecule has 0 aliphatic carbocycles. The fourth-order valence-corrected chi connectivity index (χ4v) is 2.57. The normalized spacial score (nSPS) is 13.8. The number of ketones is 1. The maximum atomic E-state index is 11.7. The first-order chi connectivity index (χ1) is 8.15. The van der Waals surface area contributed by atoms with Gasteiger partial charge in [-0.15, -0.1) is 11.8 Å². The Kier molecular flexibility index (Phi) is 3.50. The number of nitriles is 1. The van der Waals surface area contributed by atoms with Crippen LogP contribution in [0, 0.1) is 11.3 Å². The molecule has 0 saturated carbocycles. The van der Waals surface area contributed by atoms with Gasteiger partial charge < -0.3 is 0 Å². The molecule has 0 unspecified atom stereocenters. The minimum Gasteiger partial charge on any atom is -0.295 e. The van der Waals surface area contributed by atoms with Crippen molar-refractivity contribution in [2.45, 2.75) is 0 Å². The summed E-state index contributed by atoms with van der Waals surface area (Å²) in [5, 5.41) is 8.44. The number of rotatable bonds is 3. The first kappa shape index (κ1) is 12.1. The Labute approximate surface area is 111 Å². The highest BCUT2D eigenvalue weighted by atomic mass is 79.9. The van der Waals surface area contributed by atoms with Gasteiger partial charge in [0, 0.05) is 4.47 Å². The zero-order valence-electron chi connectivity index (χ0n) is 8.64. The molecule has 0 spiro atoms. The molecule has 0 N–H and O–H groups in total. The predicted octanol–water partition coefficient (Wildman–Crippen LogP) is 2.19. The number of amides is 1. The van der Waals surface area contributed by atoms with E-state index in [1.807, 2.05) is 6.07 Å². The maximum Gasteiger partial charge on any atom is 0.300 e. The molecule has 0 fully saturated rings. The lowest BCUT2D eigenvalue weighted by molar-refractivity contribution is -0.114. The summed E-state index contributed by atoms with van der Waals surface area (Å²) in [6.45, 7) is 0. The van der Waals surface area contributed by atoms with Crippen LogP contribution in [-0.4, -0.2) is 23.3 Å². The number of Topliss-reactive ketones (excluding diaryl/α,β-unsaturated/α-hetero) is 1. The SMILES string of the molecule is N#CCSCN1C(=O)C(=O)c2cc(Br)ccc21. The molecule has 0 bridgehead atoms. The molecule has 1 aromatic carbocycles. The molecule has 1 amide bonds. The zero-order valence-corrected chi connectivity index (χ0v) is 11.0. The van der Waals surface area contributed by atoms with Crippen molar-refractivity contribution in [3.8, 4) is 6.07 Å². The number of nitrogens with zero attached hydrogens (tertiary/aromatic N) is 2. The Morgan fingerprint density at radius 3 is 2.88 bits per heavy atom. The monoisotopic (exact) mass is 310 g/mol. The van der Waals surface area contributed by atoms with Crippen LogP contribution in [0.25, 0.3) is 0 Å². The Morgan fingerprint density at radius 1 is 1.41 bits per heavy atom. The Balaban J connectivity index is 2.29. The molecule has 1 aromatic rings. The van der Waals surface area contributed by atoms with E-state index in [4.69, 9.17) is 5.26 Å². The second kappa shape index (κ2) is 4.90. The van der Waals surface area contributed by atoms with Crippen molar-refractivity contribution in [3.63, 3.8) is 0 Å². The molecule has 1 heterocycles. The summed E-state index contributed by atoms with van der Waals surface area (Å²) in [6, 6.07) is 7.14. The standard InChI is InChI=1S/C11H7BrN2O2S/c12-7-1-2-9-8(5-7)10(15)11(16)14(9)6-17-4-3-13/h1-2,5H,4,6H2. The third-order valence-corrected chi connectivity index (χ3v) is 3.59. The average molecular weight is 311 g/mol. The van der Waals surface area contributed by atoms with E-state index in [1.54, 1.807) is 18.2 Å². The lowest BCUT2D eigenvalue weighted by atomic mass is 10.1. The van der Waals surface area contributed by atoms with Gasteiger partial charge in [-0.25, -0.2) is 0 Å². The highest BCUT2D eigenvalue weighted by Crippen LogP contribution is 2.32. The number of hydrogen-bond acceptors (Lipinski definition) is 4. The molecule has 6 heteroatoms. The summed E-state index contributed by atoms with van der Waals surface area (Å²) in [5.41, 5.74) is 1.04. The van der Waals surface area contributed by atoms with Crippen LogP contribution in [0.3, 0.4) is 0 Å². The lowest BCUT2D eigenvalue weighted by Gasteiger charge is -2.14. The number of carbonyl (C=O) groups is 2. The molecular weight excluding hydrogens is 304 g/mol. The second-order valence-corrected chi connectivity index (χ2v) is 5.23. The number of halogens is 1. The summed E-state index contributed by atoms with van der Waals surface area (Å²) >= 11 is 4.57. The quantitative estimate of drug-likeness (QED) is 0.634. The number of benzene rings is 1. The van der Waals surface area contributed by atoms with Crippen LogP contribution in [0.15, 0.2) is 22.7 Å². The van der Waals surface area contributed by atoms with Crippen molar-refractivity contribution in [2.24, 2.45) is 0 Å². The van der Waals surface area contributed by atoms with Gasteiger partial charge in [0.2, 0.25) is 0 Å². The molecule has 4 nitrogen and oxygen atoms in total. The Bertz CT molecular complexity index is 539. The number of fused-ring (bicyclic) bond motifs is 1. The topological polar surface area (TPSA) is 61.2 Å². The largest absolute Gasteiger partial charge is 0.300 e. The maximum absolute atomic E-state index is 11.7. The van der Waals surface area contributed by atoms with Crippen molar-refractivity contribution < 1.29 is 9.59 Å². The zero-order chi connectivity index (χ0) is 12.4. The fourth-order valence-electron chi connectivity index (χ4n) is 1.58. The summed E-state index contributed by atoms with van der Waals surface area (Å²) in [7, 11) is 0. The first-order valence-corrected chi connectivity index (χ1v) is 6.70. The third-order valence-electron chi connectivity index (χ3n) is 2.32. The van der Waals surface area contributed by atoms with Crippen LogP contribution >= 0.6 is 27.7 Å². The summed E-state index contributed by atoms with van der Waals surface area (Å²) in [5.74, 6) is -0.390. The fraction of sp³-hybridized carbons (Fsp3) is 0.182. The number of hydrogen-bond donors (Lipinski definition) is 0. The molecular formula is C11H7BrN2O2S. The van der Waals surface area contributed by atoms with Gasteiger partial charge in [0.25, 0.3) is 11.7 Å². The predicted molar refractivity (Wildman–Crippen MR) is 68.9 cm³/mol. The van der Waals surface area contributed by atoms with E-state index >= 15 is 0 Å². The Morgan fingerprint density at radius 2 is 2.18 bits per heavy atom. The van der Waals surface area contributed by atoms with Gasteiger partial charge in [-0.05, 0) is 18.2 Å². The molecule has 2 rings (SSSR count). The Hall–Kier alpha value is -1.32. The highest BCUT2D eigenvalue weighted by Gasteiger charge is 2.35. The summed E-state index contributed by atoms with van der Waals surface area (Å²) in [4.78, 5) is 24.8. The van der Waals surface area contributed by atoms with Crippen molar-refractivity contribution in [1.82, 2.24) is 0 Å². The smallest absolute Gasteiger partial charge is 0.295 e. The molecule has 0 saturated heterocycles. The van der Waals surface area contributed by atoms with Crippen molar-refractivity contribution >= 4 is 45.1 Å². The van der Waals surface area contributed by atoms with E-state index < -0.39 is 11.7 Å². The van der Waals surface area contributed by atoms with Crippen LogP contribution in [0.2, 0.25) is 0 Å². The first-order valence-electron chi connectivity index (χ1n) is 4.75. The van der Waals surface area contributed by atoms with Crippen LogP contribution < -0.4 is 4.90 Å². The van der Waals surface area contributed by atoms with Crippen LogP contribution in [0.5, 0.6) is 0 Å². The van der Waals surface area contributed by atoms with Crippen LogP contribution in [-0.2, 0) is 4.79 Å². The van der Waals surface area contributed by atoms with Gasteiger partial charge in [-0.1, -0.05) is 15.9 Å². The number of anilines is 1. The summed E-state index contributed by atoms with van der Waals surface area (Å²) in [6.07, 6.45) is 0. The van der Waals surface area contributed by atoms with Gasteiger partial charge in [0.05, 0.1) is 28.9 Å². The van der Waals surface area contributed by atoms with Gasteiger partial charge in [0.1, 0.15) is 0 Å². The molecule has 17 heavy (non-hydrogen) atoms. The molecule has 1 aliphatic heterocycles. The van der Waals surface area contributed by atoms with E-state index in [9.17, 15) is 9.59 Å². The minimum atomic E-state index is -0.525. The van der Waals surface area contributed by atoms with Crippen molar-refractivity contribution in [2.75, 3.05) is 16.5 Å². The van der Waals surface area contributed by atoms with E-state index in [2.05, 4.69) is 15.9 Å². The van der Waals surface area contributed by atoms with Crippen LogP contribution in [0.1, 0.15) is 10.4 Å². The van der Waals surface area contributed by atoms with Crippen molar-refractivity contribution in [1.29, 1.82) is 5.26 Å². The van der Waals surface area contributed by atoms with E-state index in [-0.39, 0.29) is 0 Å². The highest BCUT2D eigenvalue weighted by molar-refractivity contribution is 9.10. The van der Waals surface area contributed by atoms with Gasteiger partial charge in [-0.2, -0.15) is 5.26 Å². The van der Waals surface area contributed by atoms with Crippen LogP contribution in [0.4, 0.5) is 5.69 Å². The van der Waals surface area contributed by atoms with E-state index in [1.165, 1.54) is 16.7 Å². The minimum absolute atomic E-state index is 0.295. The molecule has 0 radical (unpaired) electrons. The van der Waals surface area contributed by atoms with Crippen molar-refractivity contribution in [3.05, 3.63) is 28.2 Å². The van der Waals surface area contributed by atoms with Gasteiger partial charge in [-0.3, -0.25) is 14.5 Å². The molecule has 0 aromatic heterocycles. The van der Waals surface area contributed by atoms with Gasteiger partial charge >= 0.3 is 0 Å². The molecule has 86 valence electrons.